The average molecular weight is 308 g/mol. The van der Waals surface area contributed by atoms with Gasteiger partial charge in [-0.15, -0.1) is 5.10 Å². The molecule has 7 heteroatoms. The molecule has 0 fully saturated rings. The molecular formula is C14H18ClN5O. The van der Waals surface area contributed by atoms with E-state index in [0.29, 0.717) is 16.4 Å². The Kier molecular flexibility index (Phi) is 5.30. The zero-order valence-corrected chi connectivity index (χ0v) is 12.5. The molecule has 0 saturated carbocycles. The van der Waals surface area contributed by atoms with Crippen LogP contribution in [-0.4, -0.2) is 20.9 Å². The van der Waals surface area contributed by atoms with E-state index in [-0.39, 0.29) is 18.5 Å². The van der Waals surface area contributed by atoms with Crippen LogP contribution in [0.15, 0.2) is 30.5 Å². The Morgan fingerprint density at radius 2 is 2.33 bits per heavy atom. The third kappa shape index (κ3) is 4.54. The first-order valence-corrected chi connectivity index (χ1v) is 7.17. The SMILES string of the molecule is CCCC(N)c1cn(CC(=O)Nc2cccc(Cl)c2)nn1. The predicted molar refractivity (Wildman–Crippen MR) is 81.9 cm³/mol. The molecule has 21 heavy (non-hydrogen) atoms. The highest BCUT2D eigenvalue weighted by atomic mass is 35.5. The van der Waals surface area contributed by atoms with Crippen molar-refractivity contribution in [2.45, 2.75) is 32.4 Å². The molecule has 2 rings (SSSR count). The van der Waals surface area contributed by atoms with Crippen LogP contribution in [0, 0.1) is 0 Å². The van der Waals surface area contributed by atoms with Gasteiger partial charge in [0.1, 0.15) is 6.54 Å². The van der Waals surface area contributed by atoms with Crippen LogP contribution in [0.4, 0.5) is 5.69 Å². The number of benzene rings is 1. The monoisotopic (exact) mass is 307 g/mol. The van der Waals surface area contributed by atoms with Gasteiger partial charge in [-0.2, -0.15) is 0 Å². The lowest BCUT2D eigenvalue weighted by molar-refractivity contribution is -0.116. The van der Waals surface area contributed by atoms with Crippen LogP contribution < -0.4 is 11.1 Å². The van der Waals surface area contributed by atoms with Crippen molar-refractivity contribution in [1.82, 2.24) is 15.0 Å². The summed E-state index contributed by atoms with van der Waals surface area (Å²) >= 11 is 5.86. The Hall–Kier alpha value is -1.92. The minimum Gasteiger partial charge on any atom is -0.324 e. The van der Waals surface area contributed by atoms with Crippen molar-refractivity contribution >= 4 is 23.2 Å². The van der Waals surface area contributed by atoms with Gasteiger partial charge in [0, 0.05) is 10.7 Å². The topological polar surface area (TPSA) is 85.8 Å². The average Bonchev–Trinajstić information content (AvgIpc) is 2.87. The fourth-order valence-electron chi connectivity index (χ4n) is 1.93. The Morgan fingerprint density at radius 1 is 1.52 bits per heavy atom. The van der Waals surface area contributed by atoms with Crippen LogP contribution in [-0.2, 0) is 11.3 Å². The number of carbonyl (C=O) groups is 1. The lowest BCUT2D eigenvalue weighted by atomic mass is 10.1. The van der Waals surface area contributed by atoms with Gasteiger partial charge in [-0.25, -0.2) is 4.68 Å². The molecule has 3 N–H and O–H groups in total. The molecule has 0 aliphatic rings. The zero-order chi connectivity index (χ0) is 15.2. The maximum atomic E-state index is 11.9. The fraction of sp³-hybridized carbons (Fsp3) is 0.357. The van der Waals surface area contributed by atoms with Gasteiger partial charge in [-0.3, -0.25) is 4.79 Å². The van der Waals surface area contributed by atoms with E-state index >= 15 is 0 Å². The lowest BCUT2D eigenvalue weighted by Gasteiger charge is -2.06. The summed E-state index contributed by atoms with van der Waals surface area (Å²) < 4.78 is 1.48. The van der Waals surface area contributed by atoms with E-state index in [1.54, 1.807) is 30.5 Å². The largest absolute Gasteiger partial charge is 0.324 e. The van der Waals surface area contributed by atoms with E-state index in [1.807, 2.05) is 0 Å². The molecule has 6 nitrogen and oxygen atoms in total. The van der Waals surface area contributed by atoms with Crippen molar-refractivity contribution in [3.8, 4) is 0 Å². The first-order valence-electron chi connectivity index (χ1n) is 6.79. The van der Waals surface area contributed by atoms with Crippen molar-refractivity contribution in [2.75, 3.05) is 5.32 Å². The molecule has 1 aromatic carbocycles. The quantitative estimate of drug-likeness (QED) is 0.858. The summed E-state index contributed by atoms with van der Waals surface area (Å²) in [6.45, 7) is 2.14. The van der Waals surface area contributed by atoms with Crippen LogP contribution in [0.25, 0.3) is 0 Å². The number of nitrogens with one attached hydrogen (secondary N) is 1. The Bertz CT molecular complexity index is 613. The van der Waals surface area contributed by atoms with Gasteiger partial charge in [-0.05, 0) is 24.6 Å². The van der Waals surface area contributed by atoms with Gasteiger partial charge in [0.25, 0.3) is 0 Å². The molecule has 0 bridgehead atoms. The molecule has 0 aliphatic carbocycles. The number of amides is 1. The summed E-state index contributed by atoms with van der Waals surface area (Å²) in [7, 11) is 0. The lowest BCUT2D eigenvalue weighted by Crippen LogP contribution is -2.19. The highest BCUT2D eigenvalue weighted by molar-refractivity contribution is 6.30. The summed E-state index contributed by atoms with van der Waals surface area (Å²) in [5.41, 5.74) is 7.31. The minimum atomic E-state index is -0.197. The molecule has 1 atom stereocenters. The fourth-order valence-corrected chi connectivity index (χ4v) is 2.12. The van der Waals surface area contributed by atoms with Crippen molar-refractivity contribution in [1.29, 1.82) is 0 Å². The highest BCUT2D eigenvalue weighted by Crippen LogP contribution is 2.15. The van der Waals surface area contributed by atoms with Gasteiger partial charge in [-0.1, -0.05) is 36.2 Å². The van der Waals surface area contributed by atoms with E-state index in [2.05, 4.69) is 22.6 Å². The third-order valence-corrected chi connectivity index (χ3v) is 3.19. The van der Waals surface area contributed by atoms with Gasteiger partial charge in [0.05, 0.1) is 17.9 Å². The van der Waals surface area contributed by atoms with Crippen molar-refractivity contribution in [3.63, 3.8) is 0 Å². The standard InChI is InChI=1S/C14H18ClN5O/c1-2-4-12(16)13-8-20(19-18-13)9-14(21)17-11-6-3-5-10(15)7-11/h3,5-8,12H,2,4,9,16H2,1H3,(H,17,21). The summed E-state index contributed by atoms with van der Waals surface area (Å²) in [5, 5.41) is 11.2. The van der Waals surface area contributed by atoms with Crippen LogP contribution in [0.2, 0.25) is 5.02 Å². The van der Waals surface area contributed by atoms with Crippen LogP contribution >= 0.6 is 11.6 Å². The summed E-state index contributed by atoms with van der Waals surface area (Å²) in [5.74, 6) is -0.197. The van der Waals surface area contributed by atoms with Crippen LogP contribution in [0.3, 0.4) is 0 Å². The number of anilines is 1. The number of hydrogen-bond acceptors (Lipinski definition) is 4. The van der Waals surface area contributed by atoms with Gasteiger partial charge in [0.2, 0.25) is 5.91 Å². The summed E-state index contributed by atoms with van der Waals surface area (Å²) in [4.78, 5) is 11.9. The summed E-state index contributed by atoms with van der Waals surface area (Å²) in [6.07, 6.45) is 3.52. The number of rotatable bonds is 6. The summed E-state index contributed by atoms with van der Waals surface area (Å²) in [6, 6.07) is 6.84. The van der Waals surface area contributed by atoms with E-state index in [9.17, 15) is 4.79 Å². The number of nitrogens with zero attached hydrogens (tertiary/aromatic N) is 3. The number of hydrogen-bond donors (Lipinski definition) is 2. The molecule has 112 valence electrons. The van der Waals surface area contributed by atoms with E-state index in [0.717, 1.165) is 12.8 Å². The second kappa shape index (κ2) is 7.19. The van der Waals surface area contributed by atoms with E-state index in [1.165, 1.54) is 4.68 Å². The molecule has 1 unspecified atom stereocenters. The van der Waals surface area contributed by atoms with E-state index in [4.69, 9.17) is 17.3 Å². The molecule has 2 aromatic rings. The minimum absolute atomic E-state index is 0.0817. The molecule has 0 aliphatic heterocycles. The van der Waals surface area contributed by atoms with Crippen molar-refractivity contribution in [2.24, 2.45) is 5.73 Å². The Balaban J connectivity index is 1.94. The zero-order valence-electron chi connectivity index (χ0n) is 11.8. The molecule has 1 amide bonds. The maximum absolute atomic E-state index is 11.9. The molecule has 0 radical (unpaired) electrons. The second-order valence-electron chi connectivity index (χ2n) is 4.79. The first-order chi connectivity index (χ1) is 10.1. The molecular weight excluding hydrogens is 290 g/mol. The van der Waals surface area contributed by atoms with Crippen molar-refractivity contribution in [3.05, 3.63) is 41.2 Å². The number of carbonyl (C=O) groups excluding carboxylic acids is 1. The number of nitrogens with two attached hydrogens (primary N) is 1. The van der Waals surface area contributed by atoms with Crippen molar-refractivity contribution < 1.29 is 4.79 Å². The molecule has 1 aromatic heterocycles. The normalized spacial score (nSPS) is 12.1. The molecule has 1 heterocycles. The smallest absolute Gasteiger partial charge is 0.246 e. The first kappa shape index (κ1) is 15.5. The molecule has 0 spiro atoms. The molecule has 0 saturated heterocycles. The third-order valence-electron chi connectivity index (χ3n) is 2.95. The number of halogens is 1. The van der Waals surface area contributed by atoms with Gasteiger partial charge < -0.3 is 11.1 Å². The second-order valence-corrected chi connectivity index (χ2v) is 5.23. The van der Waals surface area contributed by atoms with Crippen LogP contribution in [0.1, 0.15) is 31.5 Å². The van der Waals surface area contributed by atoms with E-state index < -0.39 is 0 Å². The predicted octanol–water partition coefficient (Wildman–Crippen LogP) is 2.37. The van der Waals surface area contributed by atoms with Gasteiger partial charge in [0.15, 0.2) is 0 Å². The Labute approximate surface area is 128 Å². The Morgan fingerprint density at radius 3 is 3.05 bits per heavy atom. The maximum Gasteiger partial charge on any atom is 0.246 e. The highest BCUT2D eigenvalue weighted by Gasteiger charge is 2.11. The number of aromatic nitrogens is 3. The van der Waals surface area contributed by atoms with Crippen LogP contribution in [0.5, 0.6) is 0 Å². The van der Waals surface area contributed by atoms with Gasteiger partial charge >= 0.3 is 0 Å².